The van der Waals surface area contributed by atoms with Crippen LogP contribution >= 0.6 is 11.3 Å². The Morgan fingerprint density at radius 3 is 2.67 bits per heavy atom. The minimum atomic E-state index is -0.605. The Balaban J connectivity index is 1.74. The lowest BCUT2D eigenvalue weighted by Gasteiger charge is -2.04. The number of carbonyl (C=O) groups is 2. The van der Waals surface area contributed by atoms with Crippen molar-refractivity contribution in [3.8, 4) is 11.3 Å². The van der Waals surface area contributed by atoms with Gasteiger partial charge in [-0.1, -0.05) is 30.3 Å². The van der Waals surface area contributed by atoms with Gasteiger partial charge in [-0.3, -0.25) is 9.59 Å². The van der Waals surface area contributed by atoms with Gasteiger partial charge in [0.25, 0.3) is 17.6 Å². The summed E-state index contributed by atoms with van der Waals surface area (Å²) < 4.78 is 1.53. The van der Waals surface area contributed by atoms with Crippen LogP contribution in [0.15, 0.2) is 47.8 Å². The number of anilines is 1. The lowest BCUT2D eigenvalue weighted by atomic mass is 10.1. The van der Waals surface area contributed by atoms with E-state index >= 15 is 0 Å². The lowest BCUT2D eigenvalue weighted by molar-refractivity contribution is 0.100. The van der Waals surface area contributed by atoms with Gasteiger partial charge in [0.1, 0.15) is 4.88 Å². The monoisotopic (exact) mass is 378 g/mol. The van der Waals surface area contributed by atoms with E-state index in [9.17, 15) is 9.59 Å². The van der Waals surface area contributed by atoms with Gasteiger partial charge in [-0.2, -0.15) is 9.50 Å². The summed E-state index contributed by atoms with van der Waals surface area (Å²) in [7, 11) is 0. The second-order valence-corrected chi connectivity index (χ2v) is 6.69. The average Bonchev–Trinajstić information content (AvgIpc) is 3.28. The lowest BCUT2D eigenvalue weighted by Crippen LogP contribution is -2.17. The molecule has 0 aliphatic heterocycles. The maximum absolute atomic E-state index is 12.6. The zero-order valence-corrected chi connectivity index (χ0v) is 15.0. The van der Waals surface area contributed by atoms with E-state index in [1.54, 1.807) is 11.4 Å². The van der Waals surface area contributed by atoms with Crippen molar-refractivity contribution in [2.24, 2.45) is 5.73 Å². The number of primary amides is 1. The first-order valence-corrected chi connectivity index (χ1v) is 8.89. The largest absolute Gasteiger partial charge is 0.365 e. The highest BCUT2D eigenvalue weighted by molar-refractivity contribution is 7.12. The van der Waals surface area contributed by atoms with Crippen molar-refractivity contribution >= 4 is 34.6 Å². The summed E-state index contributed by atoms with van der Waals surface area (Å²) >= 11 is 1.15. The number of benzene rings is 1. The molecule has 0 radical (unpaired) electrons. The Morgan fingerprint density at radius 2 is 1.93 bits per heavy atom. The number of amides is 2. The number of fused-ring (bicyclic) bond motifs is 1. The van der Waals surface area contributed by atoms with Crippen LogP contribution in [0.4, 0.5) is 5.69 Å². The summed E-state index contributed by atoms with van der Waals surface area (Å²) in [5, 5.41) is 8.60. The zero-order chi connectivity index (χ0) is 19.0. The number of nitrogens with zero attached hydrogens (tertiary/aromatic N) is 4. The molecule has 9 heteroatoms. The molecule has 0 spiro atoms. The van der Waals surface area contributed by atoms with Crippen LogP contribution in [0, 0.1) is 6.92 Å². The fraction of sp³-hybridized carbons (Fsp3) is 0.0556. The highest BCUT2D eigenvalue weighted by atomic mass is 32.1. The molecule has 134 valence electrons. The van der Waals surface area contributed by atoms with Crippen molar-refractivity contribution in [1.29, 1.82) is 0 Å². The summed E-state index contributed by atoms with van der Waals surface area (Å²) in [5.41, 5.74) is 8.11. The van der Waals surface area contributed by atoms with Gasteiger partial charge in [0, 0.05) is 11.3 Å². The molecular weight excluding hydrogens is 364 g/mol. The molecule has 4 aromatic rings. The molecule has 8 nitrogen and oxygen atoms in total. The van der Waals surface area contributed by atoms with Crippen LogP contribution in [-0.4, -0.2) is 31.4 Å². The number of nitrogens with two attached hydrogens (primary N) is 1. The first-order valence-electron chi connectivity index (χ1n) is 8.01. The normalized spacial score (nSPS) is 10.9. The molecule has 4 rings (SSSR count). The number of nitrogens with one attached hydrogen (secondary N) is 1. The van der Waals surface area contributed by atoms with Crippen molar-refractivity contribution < 1.29 is 9.59 Å². The molecule has 2 amide bonds. The molecule has 3 heterocycles. The van der Waals surface area contributed by atoms with E-state index in [1.807, 2.05) is 43.3 Å². The van der Waals surface area contributed by atoms with Crippen LogP contribution in [0.25, 0.3) is 17.0 Å². The first kappa shape index (κ1) is 16.9. The molecular formula is C18H14N6O2S. The van der Waals surface area contributed by atoms with E-state index < -0.39 is 11.8 Å². The Morgan fingerprint density at radius 1 is 1.15 bits per heavy atom. The molecule has 27 heavy (non-hydrogen) atoms. The van der Waals surface area contributed by atoms with E-state index in [4.69, 9.17) is 5.73 Å². The summed E-state index contributed by atoms with van der Waals surface area (Å²) in [6.45, 7) is 1.85. The summed E-state index contributed by atoms with van der Waals surface area (Å²) in [6, 6.07) is 13.1. The van der Waals surface area contributed by atoms with Crippen LogP contribution in [0.2, 0.25) is 0 Å². The van der Waals surface area contributed by atoms with E-state index in [2.05, 4.69) is 20.4 Å². The van der Waals surface area contributed by atoms with Gasteiger partial charge >= 0.3 is 0 Å². The van der Waals surface area contributed by atoms with Crippen LogP contribution in [-0.2, 0) is 0 Å². The fourth-order valence-corrected chi connectivity index (χ4v) is 3.38. The van der Waals surface area contributed by atoms with Gasteiger partial charge < -0.3 is 11.1 Å². The van der Waals surface area contributed by atoms with Crippen LogP contribution in [0.1, 0.15) is 26.0 Å². The molecule has 0 aliphatic rings. The number of aryl methyl sites for hydroxylation is 1. The Labute approximate surface area is 157 Å². The highest BCUT2D eigenvalue weighted by Crippen LogP contribution is 2.23. The Hall–Kier alpha value is -3.59. The number of hydrogen-bond donors (Lipinski definition) is 2. The van der Waals surface area contributed by atoms with Crippen molar-refractivity contribution in [3.05, 3.63) is 64.2 Å². The average molecular weight is 378 g/mol. The third kappa shape index (κ3) is 3.15. The third-order valence-corrected chi connectivity index (χ3v) is 4.78. The van der Waals surface area contributed by atoms with Crippen molar-refractivity contribution in [2.75, 3.05) is 5.32 Å². The molecule has 0 bridgehead atoms. The number of aromatic nitrogens is 4. The zero-order valence-electron chi connectivity index (χ0n) is 14.2. The summed E-state index contributed by atoms with van der Waals surface area (Å²) in [4.78, 5) is 32.8. The number of thiophene rings is 1. The van der Waals surface area contributed by atoms with Crippen molar-refractivity contribution in [2.45, 2.75) is 6.92 Å². The molecule has 0 fully saturated rings. The maximum atomic E-state index is 12.6. The van der Waals surface area contributed by atoms with Crippen molar-refractivity contribution in [1.82, 2.24) is 19.6 Å². The predicted molar refractivity (Wildman–Crippen MR) is 102 cm³/mol. The SMILES string of the molecule is Cc1cc(-c2ccccc2)n2nc(C(=O)Nc3ccsc3C(N)=O)nc2n1. The van der Waals surface area contributed by atoms with E-state index in [-0.39, 0.29) is 10.7 Å². The molecule has 3 aromatic heterocycles. The quantitative estimate of drug-likeness (QED) is 0.566. The molecule has 1 aromatic carbocycles. The van der Waals surface area contributed by atoms with Gasteiger partial charge in [-0.15, -0.1) is 16.4 Å². The molecule has 0 saturated carbocycles. The molecule has 0 aliphatic carbocycles. The van der Waals surface area contributed by atoms with Gasteiger partial charge in [-0.05, 0) is 24.4 Å². The Kier molecular flexibility index (Phi) is 4.13. The van der Waals surface area contributed by atoms with Gasteiger partial charge in [0.15, 0.2) is 0 Å². The van der Waals surface area contributed by atoms with E-state index in [1.165, 1.54) is 4.52 Å². The van der Waals surface area contributed by atoms with Gasteiger partial charge in [0.2, 0.25) is 5.82 Å². The summed E-state index contributed by atoms with van der Waals surface area (Å²) in [6.07, 6.45) is 0. The fourth-order valence-electron chi connectivity index (χ4n) is 2.67. The van der Waals surface area contributed by atoms with Crippen LogP contribution in [0.3, 0.4) is 0 Å². The smallest absolute Gasteiger partial charge is 0.295 e. The number of rotatable bonds is 4. The van der Waals surface area contributed by atoms with Gasteiger partial charge in [-0.25, -0.2) is 4.98 Å². The number of carbonyl (C=O) groups excluding carboxylic acids is 2. The van der Waals surface area contributed by atoms with E-state index in [0.717, 1.165) is 28.3 Å². The molecule has 0 unspecified atom stereocenters. The third-order valence-electron chi connectivity index (χ3n) is 3.85. The minimum Gasteiger partial charge on any atom is -0.365 e. The maximum Gasteiger partial charge on any atom is 0.295 e. The second-order valence-electron chi connectivity index (χ2n) is 5.78. The van der Waals surface area contributed by atoms with Crippen molar-refractivity contribution in [3.63, 3.8) is 0 Å². The minimum absolute atomic E-state index is 0.0492. The Bertz CT molecular complexity index is 1170. The van der Waals surface area contributed by atoms with Crippen LogP contribution in [0.5, 0.6) is 0 Å². The first-order chi connectivity index (χ1) is 13.0. The predicted octanol–water partition coefficient (Wildman–Crippen LogP) is 2.51. The topological polar surface area (TPSA) is 115 Å². The highest BCUT2D eigenvalue weighted by Gasteiger charge is 2.19. The second kappa shape index (κ2) is 6.61. The summed E-state index contributed by atoms with van der Waals surface area (Å²) in [5.74, 6) is -0.878. The number of hydrogen-bond acceptors (Lipinski definition) is 6. The molecule has 0 atom stereocenters. The van der Waals surface area contributed by atoms with Gasteiger partial charge in [0.05, 0.1) is 11.4 Å². The van der Waals surface area contributed by atoms with E-state index in [0.29, 0.717) is 11.5 Å². The molecule has 3 N–H and O–H groups in total. The van der Waals surface area contributed by atoms with Crippen LogP contribution < -0.4 is 11.1 Å². The standard InChI is InChI=1S/C18H14N6O2S/c1-10-9-13(11-5-3-2-4-6-11)24-18(20-10)22-16(23-24)17(26)21-12-7-8-27-14(12)15(19)25/h2-9H,1H3,(H2,19,25)(H,21,26). The molecule has 0 saturated heterocycles.